The van der Waals surface area contributed by atoms with E-state index in [-0.39, 0.29) is 5.75 Å². The van der Waals surface area contributed by atoms with Gasteiger partial charge in [0.15, 0.2) is 0 Å². The van der Waals surface area contributed by atoms with Gasteiger partial charge in [-0.3, -0.25) is 0 Å². The maximum absolute atomic E-state index is 10.9. The molecule has 1 aromatic carbocycles. The van der Waals surface area contributed by atoms with Crippen LogP contribution in [-0.4, -0.2) is 33.2 Å². The second-order valence-electron chi connectivity index (χ2n) is 4.01. The van der Waals surface area contributed by atoms with Gasteiger partial charge in [0, 0.05) is 17.7 Å². The molecule has 5 heteroatoms. The van der Waals surface area contributed by atoms with E-state index < -0.39 is 9.84 Å². The molecule has 0 aliphatic rings. The van der Waals surface area contributed by atoms with E-state index in [1.165, 1.54) is 16.7 Å². The number of benzene rings is 1. The van der Waals surface area contributed by atoms with Crippen LogP contribution in [0.4, 0.5) is 0 Å². The first-order chi connectivity index (χ1) is 8.01. The van der Waals surface area contributed by atoms with Crippen molar-refractivity contribution in [1.29, 1.82) is 0 Å². The van der Waals surface area contributed by atoms with E-state index in [1.807, 2.05) is 0 Å². The fraction of sp³-hybridized carbons (Fsp3) is 0.500. The number of rotatable bonds is 7. The lowest BCUT2D eigenvalue weighted by molar-refractivity contribution is 0.594. The Morgan fingerprint density at radius 1 is 1.24 bits per heavy atom. The zero-order valence-corrected chi connectivity index (χ0v) is 11.9. The van der Waals surface area contributed by atoms with Gasteiger partial charge in [-0.15, -0.1) is 11.8 Å². The second kappa shape index (κ2) is 7.03. The molecule has 0 amide bonds. The average Bonchev–Trinajstić information content (AvgIpc) is 2.28. The summed E-state index contributed by atoms with van der Waals surface area (Å²) < 4.78 is 21.8. The third-order valence-corrected chi connectivity index (χ3v) is 4.13. The highest BCUT2D eigenvalue weighted by molar-refractivity contribution is 7.98. The van der Waals surface area contributed by atoms with Crippen molar-refractivity contribution in [2.75, 3.05) is 24.8 Å². The molecule has 1 aromatic rings. The van der Waals surface area contributed by atoms with Crippen molar-refractivity contribution < 1.29 is 8.42 Å². The Kier molecular flexibility index (Phi) is 6.02. The van der Waals surface area contributed by atoms with Crippen LogP contribution in [0.3, 0.4) is 0 Å². The standard InChI is InChI=1S/C12H19NO2S2/c1-16-12-6-4-11(5-7-12)10-13-8-3-9-17(2,14)15/h4-7,13H,3,8-10H2,1-2H3. The Bertz CT molecular complexity index is 426. The largest absolute Gasteiger partial charge is 0.313 e. The van der Waals surface area contributed by atoms with Crippen molar-refractivity contribution in [3.05, 3.63) is 29.8 Å². The van der Waals surface area contributed by atoms with Crippen LogP contribution in [0.25, 0.3) is 0 Å². The summed E-state index contributed by atoms with van der Waals surface area (Å²) in [6.07, 6.45) is 3.99. The molecule has 0 heterocycles. The van der Waals surface area contributed by atoms with Crippen LogP contribution in [0, 0.1) is 0 Å². The van der Waals surface area contributed by atoms with Gasteiger partial charge in [0.05, 0.1) is 5.75 Å². The van der Waals surface area contributed by atoms with Crippen LogP contribution in [0.5, 0.6) is 0 Å². The molecule has 0 aliphatic carbocycles. The molecule has 0 spiro atoms. The highest BCUT2D eigenvalue weighted by Gasteiger charge is 2.00. The maximum atomic E-state index is 10.9. The van der Waals surface area contributed by atoms with E-state index in [4.69, 9.17) is 0 Å². The molecule has 0 aromatic heterocycles. The minimum absolute atomic E-state index is 0.255. The minimum atomic E-state index is -2.82. The summed E-state index contributed by atoms with van der Waals surface area (Å²) in [7, 11) is -2.82. The molecule has 0 aliphatic heterocycles. The fourth-order valence-electron chi connectivity index (χ4n) is 1.44. The summed E-state index contributed by atoms with van der Waals surface area (Å²) in [5, 5.41) is 3.24. The van der Waals surface area contributed by atoms with Gasteiger partial charge in [-0.1, -0.05) is 12.1 Å². The van der Waals surface area contributed by atoms with E-state index in [1.54, 1.807) is 11.8 Å². The Hall–Kier alpha value is -0.520. The first kappa shape index (κ1) is 14.5. The van der Waals surface area contributed by atoms with Crippen LogP contribution in [-0.2, 0) is 16.4 Å². The quantitative estimate of drug-likeness (QED) is 0.609. The molecular formula is C12H19NO2S2. The summed E-state index contributed by atoms with van der Waals surface area (Å²) in [4.78, 5) is 1.26. The predicted molar refractivity (Wildman–Crippen MR) is 74.3 cm³/mol. The first-order valence-corrected chi connectivity index (χ1v) is 8.81. The van der Waals surface area contributed by atoms with E-state index in [2.05, 4.69) is 35.8 Å². The molecule has 0 unspecified atom stereocenters. The zero-order valence-electron chi connectivity index (χ0n) is 10.3. The van der Waals surface area contributed by atoms with Crippen LogP contribution in [0.1, 0.15) is 12.0 Å². The number of hydrogen-bond donors (Lipinski definition) is 1. The van der Waals surface area contributed by atoms with Gasteiger partial charge in [0.25, 0.3) is 0 Å². The normalized spacial score (nSPS) is 11.6. The number of sulfone groups is 1. The summed E-state index contributed by atoms with van der Waals surface area (Å²) in [5.74, 6) is 0.255. The number of hydrogen-bond acceptors (Lipinski definition) is 4. The Balaban J connectivity index is 2.22. The lowest BCUT2D eigenvalue weighted by atomic mass is 10.2. The Labute approximate surface area is 108 Å². The van der Waals surface area contributed by atoms with Crippen molar-refractivity contribution in [1.82, 2.24) is 5.32 Å². The summed E-state index contributed by atoms with van der Waals surface area (Å²) >= 11 is 1.73. The Morgan fingerprint density at radius 3 is 2.41 bits per heavy atom. The number of thioether (sulfide) groups is 1. The molecule has 0 bridgehead atoms. The van der Waals surface area contributed by atoms with Crippen LogP contribution < -0.4 is 5.32 Å². The van der Waals surface area contributed by atoms with Gasteiger partial charge < -0.3 is 5.32 Å². The molecule has 0 saturated carbocycles. The third kappa shape index (κ3) is 6.71. The SMILES string of the molecule is CSc1ccc(CNCCCS(C)(=O)=O)cc1. The average molecular weight is 273 g/mol. The maximum Gasteiger partial charge on any atom is 0.147 e. The van der Waals surface area contributed by atoms with Crippen LogP contribution in [0.2, 0.25) is 0 Å². The second-order valence-corrected chi connectivity index (χ2v) is 7.15. The monoisotopic (exact) mass is 273 g/mol. The fourth-order valence-corrected chi connectivity index (χ4v) is 2.51. The van der Waals surface area contributed by atoms with Gasteiger partial charge in [-0.25, -0.2) is 8.42 Å². The van der Waals surface area contributed by atoms with Gasteiger partial charge in [-0.05, 0) is 36.9 Å². The minimum Gasteiger partial charge on any atom is -0.313 e. The van der Waals surface area contributed by atoms with Crippen molar-refractivity contribution in [3.63, 3.8) is 0 Å². The highest BCUT2D eigenvalue weighted by atomic mass is 32.2. The van der Waals surface area contributed by atoms with E-state index >= 15 is 0 Å². The van der Waals surface area contributed by atoms with E-state index in [0.717, 1.165) is 13.1 Å². The summed E-state index contributed by atoms with van der Waals surface area (Å²) in [5.41, 5.74) is 1.22. The lowest BCUT2D eigenvalue weighted by Crippen LogP contribution is -2.17. The molecule has 17 heavy (non-hydrogen) atoms. The highest BCUT2D eigenvalue weighted by Crippen LogP contribution is 2.14. The Morgan fingerprint density at radius 2 is 1.88 bits per heavy atom. The first-order valence-electron chi connectivity index (χ1n) is 5.52. The van der Waals surface area contributed by atoms with Gasteiger partial charge in [-0.2, -0.15) is 0 Å². The van der Waals surface area contributed by atoms with Crippen molar-refractivity contribution >= 4 is 21.6 Å². The zero-order chi connectivity index (χ0) is 12.7. The molecule has 1 N–H and O–H groups in total. The molecule has 3 nitrogen and oxygen atoms in total. The molecule has 0 radical (unpaired) electrons. The van der Waals surface area contributed by atoms with E-state index in [9.17, 15) is 8.42 Å². The lowest BCUT2D eigenvalue weighted by Gasteiger charge is -2.05. The van der Waals surface area contributed by atoms with Crippen LogP contribution >= 0.6 is 11.8 Å². The molecule has 0 atom stereocenters. The van der Waals surface area contributed by atoms with Crippen molar-refractivity contribution in [3.8, 4) is 0 Å². The van der Waals surface area contributed by atoms with Crippen molar-refractivity contribution in [2.24, 2.45) is 0 Å². The molecule has 1 rings (SSSR count). The third-order valence-electron chi connectivity index (χ3n) is 2.36. The topological polar surface area (TPSA) is 46.2 Å². The predicted octanol–water partition coefficient (Wildman–Crippen LogP) is 1.93. The van der Waals surface area contributed by atoms with Gasteiger partial charge >= 0.3 is 0 Å². The van der Waals surface area contributed by atoms with Crippen molar-refractivity contribution in [2.45, 2.75) is 17.9 Å². The summed E-state index contributed by atoms with van der Waals surface area (Å²) in [6, 6.07) is 8.38. The smallest absolute Gasteiger partial charge is 0.147 e. The molecule has 96 valence electrons. The number of nitrogens with one attached hydrogen (secondary N) is 1. The van der Waals surface area contributed by atoms with Gasteiger partial charge in [0.1, 0.15) is 9.84 Å². The summed E-state index contributed by atoms with van der Waals surface area (Å²) in [6.45, 7) is 1.52. The molecule has 0 saturated heterocycles. The van der Waals surface area contributed by atoms with E-state index in [0.29, 0.717) is 6.42 Å². The molecule has 0 fully saturated rings. The van der Waals surface area contributed by atoms with Crippen LogP contribution in [0.15, 0.2) is 29.2 Å². The molecular weight excluding hydrogens is 254 g/mol. The van der Waals surface area contributed by atoms with Gasteiger partial charge in [0.2, 0.25) is 0 Å².